The second-order valence-electron chi connectivity index (χ2n) is 8.34. The third-order valence-corrected chi connectivity index (χ3v) is 5.97. The molecule has 1 aromatic heterocycles. The molecule has 0 aromatic carbocycles. The van der Waals surface area contributed by atoms with Crippen molar-refractivity contribution in [2.45, 2.75) is 45.6 Å². The fourth-order valence-electron chi connectivity index (χ4n) is 3.64. The minimum atomic E-state index is -0.505. The predicted octanol–water partition coefficient (Wildman–Crippen LogP) is 2.56. The highest BCUT2D eigenvalue weighted by Crippen LogP contribution is 2.25. The zero-order valence-corrected chi connectivity index (χ0v) is 17.3. The van der Waals surface area contributed by atoms with Crippen LogP contribution in [0.1, 0.15) is 40.0 Å². The minimum Gasteiger partial charge on any atom is -0.444 e. The number of nitrogens with zero attached hydrogens (tertiary/aromatic N) is 2. The molecule has 6 nitrogen and oxygen atoms in total. The maximum absolute atomic E-state index is 12.7. The summed E-state index contributed by atoms with van der Waals surface area (Å²) in [5.41, 5.74) is 1.96. The molecule has 148 valence electrons. The molecule has 0 radical (unpaired) electrons. The van der Waals surface area contributed by atoms with Gasteiger partial charge in [0.05, 0.1) is 9.88 Å². The highest BCUT2D eigenvalue weighted by atomic mass is 32.1. The largest absolute Gasteiger partial charge is 0.444 e. The molecular weight excluding hydrogens is 374 g/mol. The summed E-state index contributed by atoms with van der Waals surface area (Å²) in [5, 5.41) is 4.63. The van der Waals surface area contributed by atoms with E-state index in [2.05, 4.69) is 34.6 Å². The number of amides is 2. The van der Waals surface area contributed by atoms with Crippen molar-refractivity contribution in [3.8, 4) is 0 Å². The number of piperidine rings is 1. The van der Waals surface area contributed by atoms with E-state index in [9.17, 15) is 9.59 Å². The Kier molecular flexibility index (Phi) is 4.87. The second-order valence-corrected chi connectivity index (χ2v) is 9.37. The molecular formula is C21H25N3O3S. The zero-order valence-electron chi connectivity index (χ0n) is 16.4. The number of carbonyl (C=O) groups is 2. The molecule has 0 saturated carbocycles. The molecule has 1 aromatic rings. The average Bonchev–Trinajstić information content (AvgIpc) is 3.17. The van der Waals surface area contributed by atoms with Crippen molar-refractivity contribution in [2.75, 3.05) is 18.4 Å². The lowest BCUT2D eigenvalue weighted by molar-refractivity contribution is -0.121. The number of carbonyl (C=O) groups excluding carboxylic acids is 2. The van der Waals surface area contributed by atoms with Gasteiger partial charge in [0.15, 0.2) is 5.13 Å². The van der Waals surface area contributed by atoms with Gasteiger partial charge in [0.1, 0.15) is 5.60 Å². The number of aromatic nitrogens is 1. The van der Waals surface area contributed by atoms with Crippen LogP contribution in [0.4, 0.5) is 9.93 Å². The summed E-state index contributed by atoms with van der Waals surface area (Å²) in [6.07, 6.45) is 10.3. The van der Waals surface area contributed by atoms with Crippen LogP contribution in [0, 0.1) is 5.92 Å². The monoisotopic (exact) mass is 399 g/mol. The van der Waals surface area contributed by atoms with Crippen LogP contribution in [-0.4, -0.2) is 40.6 Å². The first-order valence-corrected chi connectivity index (χ1v) is 10.5. The third kappa shape index (κ3) is 3.90. The standard InChI is InChI=1S/C21H25N3O3S/c1-21(2,3)27-20(26)24-10-8-13(9-11-24)18(25)23-19-22-17-15-7-5-4-6-14(15)12-16(17)28-19/h4-6,12-13H,7-11H2,1-3H3,(H,22,23,25). The van der Waals surface area contributed by atoms with Crippen molar-refractivity contribution in [3.05, 3.63) is 33.7 Å². The molecule has 1 fully saturated rings. The number of allylic oxidation sites excluding steroid dienone is 4. The van der Waals surface area contributed by atoms with E-state index in [1.165, 1.54) is 22.5 Å². The van der Waals surface area contributed by atoms with Crippen molar-refractivity contribution in [1.29, 1.82) is 0 Å². The van der Waals surface area contributed by atoms with Gasteiger partial charge >= 0.3 is 6.09 Å². The maximum Gasteiger partial charge on any atom is 0.410 e. The van der Waals surface area contributed by atoms with Gasteiger partial charge in [0, 0.05) is 19.0 Å². The Balaban J connectivity index is 1.36. The van der Waals surface area contributed by atoms with Crippen LogP contribution in [-0.2, 0) is 9.53 Å². The van der Waals surface area contributed by atoms with Gasteiger partial charge in [-0.1, -0.05) is 29.6 Å². The summed E-state index contributed by atoms with van der Waals surface area (Å²) in [4.78, 5) is 31.2. The SMILES string of the molecule is CC(C)(C)OC(=O)N1CCC(C(=O)Nc2nc3c(s2)=CC2=CC=CCC=32)CC1. The first kappa shape index (κ1) is 18.9. The molecule has 1 saturated heterocycles. The Hall–Kier alpha value is -2.41. The van der Waals surface area contributed by atoms with E-state index in [-0.39, 0.29) is 17.9 Å². The quantitative estimate of drug-likeness (QED) is 0.830. The number of nitrogens with one attached hydrogen (secondary N) is 1. The Bertz CT molecular complexity index is 989. The summed E-state index contributed by atoms with van der Waals surface area (Å²) < 4.78 is 6.52. The van der Waals surface area contributed by atoms with E-state index in [1.807, 2.05) is 20.8 Å². The van der Waals surface area contributed by atoms with Crippen LogP contribution in [0.3, 0.4) is 0 Å². The molecule has 4 rings (SSSR count). The van der Waals surface area contributed by atoms with Gasteiger partial charge < -0.3 is 15.0 Å². The van der Waals surface area contributed by atoms with Gasteiger partial charge in [-0.25, -0.2) is 9.78 Å². The maximum atomic E-state index is 12.7. The lowest BCUT2D eigenvalue weighted by Gasteiger charge is -2.32. The van der Waals surface area contributed by atoms with Crippen LogP contribution in [0.5, 0.6) is 0 Å². The van der Waals surface area contributed by atoms with Gasteiger partial charge in [-0.05, 0) is 57.3 Å². The second kappa shape index (κ2) is 7.20. The third-order valence-electron chi connectivity index (χ3n) is 5.06. The van der Waals surface area contributed by atoms with Crippen molar-refractivity contribution >= 4 is 40.1 Å². The molecule has 2 amide bonds. The summed E-state index contributed by atoms with van der Waals surface area (Å²) in [7, 11) is 0. The summed E-state index contributed by atoms with van der Waals surface area (Å²) in [6.45, 7) is 6.64. The number of rotatable bonds is 2. The number of hydrogen-bond donors (Lipinski definition) is 1. The highest BCUT2D eigenvalue weighted by molar-refractivity contribution is 7.13. The van der Waals surface area contributed by atoms with Crippen molar-refractivity contribution < 1.29 is 14.3 Å². The zero-order chi connectivity index (χ0) is 19.9. The summed E-state index contributed by atoms with van der Waals surface area (Å²) in [6, 6.07) is 0. The molecule has 2 heterocycles. The number of hydrogen-bond acceptors (Lipinski definition) is 5. The fourth-order valence-corrected chi connectivity index (χ4v) is 4.59. The molecule has 28 heavy (non-hydrogen) atoms. The smallest absolute Gasteiger partial charge is 0.410 e. The fraction of sp³-hybridized carbons (Fsp3) is 0.476. The normalized spacial score (nSPS) is 18.9. The van der Waals surface area contributed by atoms with E-state index in [0.29, 0.717) is 31.1 Å². The molecule has 3 aliphatic rings. The van der Waals surface area contributed by atoms with Gasteiger partial charge in [-0.15, -0.1) is 0 Å². The van der Waals surface area contributed by atoms with Crippen molar-refractivity contribution in [3.63, 3.8) is 0 Å². The van der Waals surface area contributed by atoms with E-state index in [4.69, 9.17) is 4.74 Å². The van der Waals surface area contributed by atoms with E-state index >= 15 is 0 Å². The van der Waals surface area contributed by atoms with Crippen molar-refractivity contribution in [2.24, 2.45) is 5.92 Å². The summed E-state index contributed by atoms with van der Waals surface area (Å²) >= 11 is 1.52. The average molecular weight is 400 g/mol. The van der Waals surface area contributed by atoms with Crippen LogP contribution in [0.25, 0.3) is 11.6 Å². The van der Waals surface area contributed by atoms with E-state index < -0.39 is 5.60 Å². The highest BCUT2D eigenvalue weighted by Gasteiger charge is 2.30. The molecule has 7 heteroatoms. The number of thiazole rings is 1. The molecule has 1 aliphatic heterocycles. The molecule has 0 unspecified atom stereocenters. The number of ether oxygens (including phenoxy) is 1. The molecule has 0 spiro atoms. The van der Waals surface area contributed by atoms with Crippen molar-refractivity contribution in [1.82, 2.24) is 9.88 Å². The lowest BCUT2D eigenvalue weighted by Crippen LogP contribution is -2.43. The number of likely N-dealkylation sites (tertiary alicyclic amines) is 1. The Morgan fingerprint density at radius 1 is 1.29 bits per heavy atom. The van der Waals surface area contributed by atoms with Gasteiger partial charge in [0.25, 0.3) is 0 Å². The van der Waals surface area contributed by atoms with Gasteiger partial charge in [-0.2, -0.15) is 0 Å². The number of anilines is 1. The Morgan fingerprint density at radius 2 is 2.04 bits per heavy atom. The molecule has 2 aliphatic carbocycles. The van der Waals surface area contributed by atoms with Crippen LogP contribution < -0.4 is 15.2 Å². The van der Waals surface area contributed by atoms with Crippen LogP contribution in [0.2, 0.25) is 0 Å². The van der Waals surface area contributed by atoms with E-state index in [1.54, 1.807) is 4.90 Å². The summed E-state index contributed by atoms with van der Waals surface area (Å²) in [5.74, 6) is -0.123. The van der Waals surface area contributed by atoms with Gasteiger partial charge in [-0.3, -0.25) is 4.79 Å². The minimum absolute atomic E-state index is 0.0134. The lowest BCUT2D eigenvalue weighted by atomic mass is 9.96. The van der Waals surface area contributed by atoms with E-state index in [0.717, 1.165) is 16.3 Å². The predicted molar refractivity (Wildman–Crippen MR) is 110 cm³/mol. The molecule has 1 N–H and O–H groups in total. The van der Waals surface area contributed by atoms with Gasteiger partial charge in [0.2, 0.25) is 5.91 Å². The topological polar surface area (TPSA) is 71.5 Å². The Labute approximate surface area is 168 Å². The Morgan fingerprint density at radius 3 is 2.75 bits per heavy atom. The number of fused-ring (bicyclic) bond motifs is 2. The molecule has 0 atom stereocenters. The first-order chi connectivity index (χ1) is 13.3. The molecule has 0 bridgehead atoms. The first-order valence-electron chi connectivity index (χ1n) is 9.68. The van der Waals surface area contributed by atoms with Crippen LogP contribution >= 0.6 is 11.3 Å². The van der Waals surface area contributed by atoms with Crippen LogP contribution in [0.15, 0.2) is 23.8 Å².